The van der Waals surface area contributed by atoms with Crippen molar-refractivity contribution in [2.45, 2.75) is 76.2 Å². The Labute approximate surface area is 231 Å². The molecule has 0 aliphatic rings. The lowest BCUT2D eigenvalue weighted by Gasteiger charge is -2.24. The largest absolute Gasteiger partial charge is 0.481 e. The maximum absolute atomic E-state index is 13.0. The van der Waals surface area contributed by atoms with E-state index in [-0.39, 0.29) is 31.1 Å². The average molecular weight is 569 g/mol. The number of carbonyl (C=O) groups excluding carboxylic acids is 3. The van der Waals surface area contributed by atoms with E-state index in [1.807, 2.05) is 6.92 Å². The molecule has 7 N–H and O–H groups in total. The molecule has 14 heteroatoms. The van der Waals surface area contributed by atoms with Crippen LogP contribution in [0.5, 0.6) is 0 Å². The molecule has 0 fully saturated rings. The maximum Gasteiger partial charge on any atom is 0.327 e. The van der Waals surface area contributed by atoms with E-state index in [0.29, 0.717) is 12.0 Å². The van der Waals surface area contributed by atoms with Crippen LogP contribution in [0.4, 0.5) is 0 Å². The third kappa shape index (κ3) is 12.6. The van der Waals surface area contributed by atoms with Crippen molar-refractivity contribution in [1.29, 1.82) is 0 Å². The number of hydrogen-bond acceptors (Lipinski definition) is 8. The van der Waals surface area contributed by atoms with E-state index in [4.69, 9.17) is 0 Å². The number of aliphatic carboxylic acids is 3. The zero-order valence-corrected chi connectivity index (χ0v) is 22.6. The number of rotatable bonds is 18. The van der Waals surface area contributed by atoms with Crippen molar-refractivity contribution >= 4 is 48.3 Å². The van der Waals surface area contributed by atoms with Gasteiger partial charge in [0.25, 0.3) is 0 Å². The van der Waals surface area contributed by atoms with E-state index < -0.39 is 66.2 Å². The molecule has 0 aromatic heterocycles. The molecule has 0 aliphatic carbocycles. The van der Waals surface area contributed by atoms with E-state index in [1.165, 1.54) is 0 Å². The van der Waals surface area contributed by atoms with Gasteiger partial charge >= 0.3 is 17.9 Å². The van der Waals surface area contributed by atoms with Crippen LogP contribution in [0.15, 0.2) is 30.3 Å². The molecule has 0 spiro atoms. The van der Waals surface area contributed by atoms with Crippen molar-refractivity contribution in [2.75, 3.05) is 5.75 Å². The summed E-state index contributed by atoms with van der Waals surface area (Å²) in [6.07, 6.45) is -0.603. The van der Waals surface area contributed by atoms with Crippen LogP contribution in [0.25, 0.3) is 0 Å². The Morgan fingerprint density at radius 1 is 0.821 bits per heavy atom. The molecular formula is C25H36N4O9S. The molecule has 0 saturated heterocycles. The molecule has 0 heterocycles. The summed E-state index contributed by atoms with van der Waals surface area (Å²) < 4.78 is 0. The van der Waals surface area contributed by atoms with Gasteiger partial charge in [-0.15, -0.1) is 0 Å². The van der Waals surface area contributed by atoms with E-state index in [2.05, 4.69) is 33.9 Å². The van der Waals surface area contributed by atoms with Crippen molar-refractivity contribution < 1.29 is 44.1 Å². The van der Waals surface area contributed by atoms with Crippen molar-refractivity contribution in [3.63, 3.8) is 0 Å². The first-order valence-electron chi connectivity index (χ1n) is 12.4. The summed E-state index contributed by atoms with van der Waals surface area (Å²) in [5.74, 6) is -6.67. The Balaban J connectivity index is 3.01. The lowest BCUT2D eigenvalue weighted by atomic mass is 10.0. The highest BCUT2D eigenvalue weighted by Crippen LogP contribution is 2.07. The Morgan fingerprint density at radius 3 is 1.90 bits per heavy atom. The first-order valence-corrected chi connectivity index (χ1v) is 13.0. The topological polar surface area (TPSA) is 211 Å². The van der Waals surface area contributed by atoms with Crippen molar-refractivity contribution in [1.82, 2.24) is 21.3 Å². The fraction of sp³-hybridized carbons (Fsp3) is 0.520. The summed E-state index contributed by atoms with van der Waals surface area (Å²) in [6.45, 7) is 3.66. The van der Waals surface area contributed by atoms with Crippen LogP contribution < -0.4 is 21.3 Å². The fourth-order valence-corrected chi connectivity index (χ4v) is 3.70. The van der Waals surface area contributed by atoms with Gasteiger partial charge in [0.1, 0.15) is 24.2 Å². The first kappa shape index (κ1) is 33.4. The van der Waals surface area contributed by atoms with Gasteiger partial charge < -0.3 is 36.6 Å². The van der Waals surface area contributed by atoms with E-state index in [0.717, 1.165) is 0 Å². The van der Waals surface area contributed by atoms with Gasteiger partial charge in [-0.1, -0.05) is 37.3 Å². The molecule has 216 valence electrons. The number of hydrogen-bond donors (Lipinski definition) is 8. The van der Waals surface area contributed by atoms with Crippen molar-refractivity contribution in [3.05, 3.63) is 35.9 Å². The zero-order chi connectivity index (χ0) is 29.5. The quantitative estimate of drug-likeness (QED) is 0.109. The van der Waals surface area contributed by atoms with E-state index >= 15 is 0 Å². The smallest absolute Gasteiger partial charge is 0.327 e. The van der Waals surface area contributed by atoms with Gasteiger partial charge in [-0.25, -0.2) is 4.79 Å². The van der Waals surface area contributed by atoms with E-state index in [9.17, 15) is 44.1 Å². The third-order valence-corrected chi connectivity index (χ3v) is 6.16. The summed E-state index contributed by atoms with van der Waals surface area (Å²) in [5, 5.41) is 37.8. The van der Waals surface area contributed by atoms with Crippen LogP contribution in [0.3, 0.4) is 0 Å². The lowest BCUT2D eigenvalue weighted by molar-refractivity contribution is -0.142. The fourth-order valence-electron chi connectivity index (χ4n) is 3.45. The Kier molecular flexibility index (Phi) is 14.6. The Morgan fingerprint density at radius 2 is 1.38 bits per heavy atom. The molecule has 13 nitrogen and oxygen atoms in total. The first-order chi connectivity index (χ1) is 18.4. The molecule has 1 rings (SSSR count). The summed E-state index contributed by atoms with van der Waals surface area (Å²) in [5.41, 5.74) is 0.628. The number of carboxylic acid groups (broad SMARTS) is 3. The summed E-state index contributed by atoms with van der Waals surface area (Å²) in [7, 11) is 0. The minimum atomic E-state index is -1.58. The molecule has 0 saturated carbocycles. The number of carboxylic acids is 3. The van der Waals surface area contributed by atoms with Crippen LogP contribution >= 0.6 is 12.6 Å². The van der Waals surface area contributed by atoms with E-state index in [1.54, 1.807) is 37.3 Å². The molecule has 5 unspecified atom stereocenters. The molecule has 0 bridgehead atoms. The van der Waals surface area contributed by atoms with Gasteiger partial charge in [0.05, 0.1) is 6.42 Å². The predicted molar refractivity (Wildman–Crippen MR) is 143 cm³/mol. The second-order valence-corrected chi connectivity index (χ2v) is 9.32. The summed E-state index contributed by atoms with van der Waals surface area (Å²) in [4.78, 5) is 72.7. The minimum Gasteiger partial charge on any atom is -0.481 e. The van der Waals surface area contributed by atoms with Crippen LogP contribution in [-0.2, 0) is 35.2 Å². The molecule has 39 heavy (non-hydrogen) atoms. The Bertz CT molecular complexity index is 1010. The third-order valence-electron chi connectivity index (χ3n) is 5.80. The van der Waals surface area contributed by atoms with Crippen LogP contribution in [0, 0.1) is 0 Å². The van der Waals surface area contributed by atoms with Gasteiger partial charge in [-0.3, -0.25) is 24.0 Å². The second kappa shape index (κ2) is 17.0. The lowest BCUT2D eigenvalue weighted by Crippen LogP contribution is -2.57. The van der Waals surface area contributed by atoms with Gasteiger partial charge in [0.2, 0.25) is 17.7 Å². The van der Waals surface area contributed by atoms with Gasteiger partial charge in [-0.2, -0.15) is 12.6 Å². The summed E-state index contributed by atoms with van der Waals surface area (Å²) >= 11 is 3.91. The van der Waals surface area contributed by atoms with Crippen LogP contribution in [-0.4, -0.2) is 86.9 Å². The number of thiol groups is 1. The molecule has 3 amide bonds. The molecule has 1 aromatic carbocycles. The SMILES string of the molecule is CCC(C)NC(CCC(=O)NC(CC(=O)O)C(=O)NC(Cc1ccccc1)C(=O)NC(CS)C(=O)O)C(=O)O. The zero-order valence-electron chi connectivity index (χ0n) is 21.8. The minimum absolute atomic E-state index is 0.0490. The molecule has 0 radical (unpaired) electrons. The molecule has 5 atom stereocenters. The molecule has 1 aromatic rings. The number of nitrogens with one attached hydrogen (secondary N) is 4. The van der Waals surface area contributed by atoms with Gasteiger partial charge in [-0.05, 0) is 25.3 Å². The average Bonchev–Trinajstić information content (AvgIpc) is 2.88. The molecule has 0 aliphatic heterocycles. The van der Waals surface area contributed by atoms with Gasteiger partial charge in [0.15, 0.2) is 0 Å². The monoisotopic (exact) mass is 568 g/mol. The molecular weight excluding hydrogens is 532 g/mol. The van der Waals surface area contributed by atoms with Crippen molar-refractivity contribution in [3.8, 4) is 0 Å². The normalized spacial score (nSPS) is 14.6. The number of amides is 3. The maximum atomic E-state index is 13.0. The van der Waals surface area contributed by atoms with Crippen LogP contribution in [0.2, 0.25) is 0 Å². The predicted octanol–water partition coefficient (Wildman–Crippen LogP) is -0.206. The highest BCUT2D eigenvalue weighted by atomic mass is 32.1. The Hall–Kier alpha value is -3.65. The van der Waals surface area contributed by atoms with Gasteiger partial charge in [0, 0.05) is 24.6 Å². The highest BCUT2D eigenvalue weighted by Gasteiger charge is 2.31. The van der Waals surface area contributed by atoms with Crippen LogP contribution in [0.1, 0.15) is 45.1 Å². The highest BCUT2D eigenvalue weighted by molar-refractivity contribution is 7.80. The summed E-state index contributed by atoms with van der Waals surface area (Å²) in [6, 6.07) is 3.16. The second-order valence-electron chi connectivity index (χ2n) is 8.96. The standard InChI is InChI=1S/C25H36N4O9S/c1-3-14(2)26-16(24(35)36)9-10-20(30)27-18(12-21(31)32)23(34)28-17(11-15-7-5-4-6-8-15)22(33)29-19(13-39)25(37)38/h4-8,14,16-19,26,39H,3,9-13H2,1-2H3,(H,27,30)(H,28,34)(H,29,33)(H,31,32)(H,35,36)(H,37,38). The number of benzene rings is 1. The van der Waals surface area contributed by atoms with Crippen molar-refractivity contribution in [2.24, 2.45) is 0 Å². The number of carbonyl (C=O) groups is 6.